The highest BCUT2D eigenvalue weighted by molar-refractivity contribution is 7.89. The van der Waals surface area contributed by atoms with Crippen LogP contribution in [0.4, 0.5) is 0 Å². The Kier molecular flexibility index (Phi) is 6.31. The van der Waals surface area contributed by atoms with Gasteiger partial charge in [-0.2, -0.15) is 4.31 Å². The predicted octanol–water partition coefficient (Wildman–Crippen LogP) is 3.44. The third kappa shape index (κ3) is 4.51. The lowest BCUT2D eigenvalue weighted by atomic mass is 10.1. The van der Waals surface area contributed by atoms with Gasteiger partial charge in [0.15, 0.2) is 0 Å². The molecule has 0 spiro atoms. The number of benzene rings is 2. The summed E-state index contributed by atoms with van der Waals surface area (Å²) in [5.41, 5.74) is 1.76. The maximum Gasteiger partial charge on any atom is 0.250 e. The maximum atomic E-state index is 13.1. The van der Waals surface area contributed by atoms with Crippen LogP contribution in [0.2, 0.25) is 0 Å². The van der Waals surface area contributed by atoms with Gasteiger partial charge < -0.3 is 4.90 Å². The van der Waals surface area contributed by atoms with Crippen molar-refractivity contribution in [3.05, 3.63) is 77.9 Å². The van der Waals surface area contributed by atoms with E-state index in [9.17, 15) is 13.2 Å². The molecule has 1 amide bonds. The van der Waals surface area contributed by atoms with Crippen LogP contribution in [0.15, 0.2) is 77.2 Å². The van der Waals surface area contributed by atoms with Gasteiger partial charge in [-0.05, 0) is 38.0 Å². The zero-order valence-electron chi connectivity index (χ0n) is 16.3. The predicted molar refractivity (Wildman–Crippen MR) is 110 cm³/mol. The lowest BCUT2D eigenvalue weighted by Crippen LogP contribution is -2.41. The van der Waals surface area contributed by atoms with Crippen LogP contribution >= 0.6 is 0 Å². The Balaban J connectivity index is 1.73. The SMILES string of the molecule is CC(C)N(Cc1ccccc1)C(=O)C1=CCN(S(=O)(=O)c2ccccc2)CC1. The monoisotopic (exact) mass is 398 g/mol. The fourth-order valence-electron chi connectivity index (χ4n) is 3.26. The molecule has 3 rings (SSSR count). The Labute approximate surface area is 167 Å². The van der Waals surface area contributed by atoms with E-state index in [4.69, 9.17) is 0 Å². The van der Waals surface area contributed by atoms with Crippen LogP contribution in [0.3, 0.4) is 0 Å². The average Bonchev–Trinajstić information content (AvgIpc) is 2.73. The number of sulfonamides is 1. The summed E-state index contributed by atoms with van der Waals surface area (Å²) in [5, 5.41) is 0. The molecule has 148 valence electrons. The second kappa shape index (κ2) is 8.71. The van der Waals surface area contributed by atoms with E-state index in [1.54, 1.807) is 36.4 Å². The molecule has 28 heavy (non-hydrogen) atoms. The van der Waals surface area contributed by atoms with Gasteiger partial charge in [-0.25, -0.2) is 8.42 Å². The van der Waals surface area contributed by atoms with Crippen molar-refractivity contribution in [2.45, 2.75) is 37.8 Å². The topological polar surface area (TPSA) is 57.7 Å². The molecule has 5 nitrogen and oxygen atoms in total. The minimum absolute atomic E-state index is 0.0180. The smallest absolute Gasteiger partial charge is 0.250 e. The van der Waals surface area contributed by atoms with E-state index in [1.807, 2.05) is 49.1 Å². The molecule has 0 fully saturated rings. The summed E-state index contributed by atoms with van der Waals surface area (Å²) >= 11 is 0. The first-order valence-corrected chi connectivity index (χ1v) is 10.9. The standard InChI is InChI=1S/C22H26N2O3S/c1-18(2)24(17-19-9-5-3-6-10-19)22(25)20-13-15-23(16-14-20)28(26,27)21-11-7-4-8-12-21/h3-13,18H,14-17H2,1-2H3. The quantitative estimate of drug-likeness (QED) is 0.749. The fraction of sp³-hybridized carbons (Fsp3) is 0.318. The summed E-state index contributed by atoms with van der Waals surface area (Å²) in [5.74, 6) is -0.0180. The van der Waals surface area contributed by atoms with E-state index in [2.05, 4.69) is 0 Å². The minimum Gasteiger partial charge on any atom is -0.332 e. The highest BCUT2D eigenvalue weighted by Crippen LogP contribution is 2.22. The van der Waals surface area contributed by atoms with Crippen molar-refractivity contribution in [1.82, 2.24) is 9.21 Å². The van der Waals surface area contributed by atoms with Gasteiger partial charge in [0.2, 0.25) is 15.9 Å². The van der Waals surface area contributed by atoms with Crippen molar-refractivity contribution in [2.75, 3.05) is 13.1 Å². The number of amides is 1. The van der Waals surface area contributed by atoms with Crippen LogP contribution in [0, 0.1) is 0 Å². The molecule has 0 radical (unpaired) electrons. The Bertz CT molecular complexity index is 938. The molecule has 2 aromatic carbocycles. The lowest BCUT2D eigenvalue weighted by Gasteiger charge is -2.31. The van der Waals surface area contributed by atoms with E-state index in [0.29, 0.717) is 25.1 Å². The van der Waals surface area contributed by atoms with E-state index in [0.717, 1.165) is 5.56 Å². The molecule has 0 saturated heterocycles. The minimum atomic E-state index is -3.53. The molecule has 0 aliphatic carbocycles. The third-order valence-corrected chi connectivity index (χ3v) is 6.79. The molecular formula is C22H26N2O3S. The first-order valence-electron chi connectivity index (χ1n) is 9.48. The van der Waals surface area contributed by atoms with Crippen LogP contribution < -0.4 is 0 Å². The van der Waals surface area contributed by atoms with Crippen LogP contribution in [0.5, 0.6) is 0 Å². The number of carbonyl (C=O) groups is 1. The Hall–Kier alpha value is -2.44. The summed E-state index contributed by atoms with van der Waals surface area (Å²) in [7, 11) is -3.53. The Morgan fingerprint density at radius 1 is 1.04 bits per heavy atom. The van der Waals surface area contributed by atoms with Crippen molar-refractivity contribution < 1.29 is 13.2 Å². The van der Waals surface area contributed by atoms with Gasteiger partial charge in [0, 0.05) is 31.2 Å². The molecule has 1 aliphatic rings. The summed E-state index contributed by atoms with van der Waals surface area (Å²) in [6, 6.07) is 18.4. The number of hydrogen-bond donors (Lipinski definition) is 0. The van der Waals surface area contributed by atoms with Gasteiger partial charge in [0.1, 0.15) is 0 Å². The molecule has 2 aromatic rings. The van der Waals surface area contributed by atoms with Crippen molar-refractivity contribution in [3.8, 4) is 0 Å². The molecule has 1 aliphatic heterocycles. The molecule has 0 N–H and O–H groups in total. The zero-order chi connectivity index (χ0) is 20.1. The van der Waals surface area contributed by atoms with Gasteiger partial charge >= 0.3 is 0 Å². The van der Waals surface area contributed by atoms with Gasteiger partial charge in [0.25, 0.3) is 0 Å². The highest BCUT2D eigenvalue weighted by atomic mass is 32.2. The molecular weight excluding hydrogens is 372 g/mol. The van der Waals surface area contributed by atoms with Crippen molar-refractivity contribution in [3.63, 3.8) is 0 Å². The Morgan fingerprint density at radius 3 is 2.18 bits per heavy atom. The van der Waals surface area contributed by atoms with Gasteiger partial charge in [-0.1, -0.05) is 54.6 Å². The first-order chi connectivity index (χ1) is 13.4. The van der Waals surface area contributed by atoms with E-state index < -0.39 is 10.0 Å². The molecule has 0 atom stereocenters. The van der Waals surface area contributed by atoms with Gasteiger partial charge in [0.05, 0.1) is 4.90 Å². The summed E-state index contributed by atoms with van der Waals surface area (Å²) in [6.45, 7) is 5.06. The fourth-order valence-corrected chi connectivity index (χ4v) is 4.66. The molecule has 1 heterocycles. The highest BCUT2D eigenvalue weighted by Gasteiger charge is 2.29. The van der Waals surface area contributed by atoms with Crippen molar-refractivity contribution in [2.24, 2.45) is 0 Å². The molecule has 6 heteroatoms. The molecule has 0 saturated carbocycles. The summed E-state index contributed by atoms with van der Waals surface area (Å²) < 4.78 is 26.9. The molecule has 0 bridgehead atoms. The van der Waals surface area contributed by atoms with Crippen LogP contribution in [0.25, 0.3) is 0 Å². The summed E-state index contributed by atoms with van der Waals surface area (Å²) in [4.78, 5) is 15.2. The maximum absolute atomic E-state index is 13.1. The average molecular weight is 399 g/mol. The second-order valence-corrected chi connectivity index (χ2v) is 9.11. The first kappa shape index (κ1) is 20.3. The van der Waals surface area contributed by atoms with Gasteiger partial charge in [-0.3, -0.25) is 4.79 Å². The molecule has 0 unspecified atom stereocenters. The largest absolute Gasteiger partial charge is 0.332 e. The normalized spacial score (nSPS) is 15.3. The Morgan fingerprint density at radius 2 is 1.64 bits per heavy atom. The van der Waals surface area contributed by atoms with Gasteiger partial charge in [-0.15, -0.1) is 0 Å². The van der Waals surface area contributed by atoms with E-state index >= 15 is 0 Å². The summed E-state index contributed by atoms with van der Waals surface area (Å²) in [6.07, 6.45) is 2.18. The second-order valence-electron chi connectivity index (χ2n) is 7.17. The number of carbonyl (C=O) groups excluding carboxylic acids is 1. The van der Waals surface area contributed by atoms with Crippen LogP contribution in [-0.4, -0.2) is 42.7 Å². The lowest BCUT2D eigenvalue weighted by molar-refractivity contribution is -0.129. The van der Waals surface area contributed by atoms with E-state index in [1.165, 1.54) is 4.31 Å². The van der Waals surface area contributed by atoms with E-state index in [-0.39, 0.29) is 23.4 Å². The van der Waals surface area contributed by atoms with Crippen molar-refractivity contribution >= 4 is 15.9 Å². The zero-order valence-corrected chi connectivity index (χ0v) is 17.1. The number of nitrogens with zero attached hydrogens (tertiary/aromatic N) is 2. The van der Waals surface area contributed by atoms with Crippen LogP contribution in [-0.2, 0) is 21.4 Å². The third-order valence-electron chi connectivity index (χ3n) is 4.91. The van der Waals surface area contributed by atoms with Crippen molar-refractivity contribution in [1.29, 1.82) is 0 Å². The van der Waals surface area contributed by atoms with Crippen LogP contribution in [0.1, 0.15) is 25.8 Å². The molecule has 0 aromatic heterocycles. The number of rotatable bonds is 6. The number of hydrogen-bond acceptors (Lipinski definition) is 3.